The number of nitrogens with one attached hydrogen (secondary N) is 1. The third kappa shape index (κ3) is 4.44. The highest BCUT2D eigenvalue weighted by atomic mass is 32.1. The van der Waals surface area contributed by atoms with Gasteiger partial charge in [-0.25, -0.2) is 9.97 Å². The highest BCUT2D eigenvalue weighted by molar-refractivity contribution is 7.80. The zero-order valence-electron chi connectivity index (χ0n) is 11.4. The molecular formula is C12H19N5OS. The molecular weight excluding hydrogens is 262 g/mol. The van der Waals surface area contributed by atoms with Crippen LogP contribution in [-0.4, -0.2) is 40.5 Å². The molecule has 0 radical (unpaired) electrons. The first kappa shape index (κ1) is 15.3. The zero-order chi connectivity index (χ0) is 14.4. The van der Waals surface area contributed by atoms with Gasteiger partial charge in [0.1, 0.15) is 10.7 Å². The van der Waals surface area contributed by atoms with Crippen molar-refractivity contribution in [3.8, 4) is 0 Å². The second-order valence-electron chi connectivity index (χ2n) is 4.03. The van der Waals surface area contributed by atoms with Crippen LogP contribution >= 0.6 is 12.2 Å². The van der Waals surface area contributed by atoms with Gasteiger partial charge in [-0.3, -0.25) is 4.79 Å². The van der Waals surface area contributed by atoms with Crippen LogP contribution in [0.4, 0.5) is 5.95 Å². The maximum absolute atomic E-state index is 11.6. The summed E-state index contributed by atoms with van der Waals surface area (Å²) < 4.78 is 0. The lowest BCUT2D eigenvalue weighted by molar-refractivity contribution is -0.119. The summed E-state index contributed by atoms with van der Waals surface area (Å²) in [7, 11) is 0. The number of nitrogens with two attached hydrogens (primary N) is 1. The lowest BCUT2D eigenvalue weighted by Gasteiger charge is -2.20. The van der Waals surface area contributed by atoms with Gasteiger partial charge in [0.25, 0.3) is 0 Å². The van der Waals surface area contributed by atoms with Gasteiger partial charge in [0.15, 0.2) is 0 Å². The molecule has 6 nitrogen and oxygen atoms in total. The summed E-state index contributed by atoms with van der Waals surface area (Å²) in [5.41, 5.74) is 6.87. The van der Waals surface area contributed by atoms with Crippen LogP contribution in [0, 0.1) is 6.92 Å². The molecule has 1 heterocycles. The predicted octanol–water partition coefficient (Wildman–Crippen LogP) is 0.382. The topological polar surface area (TPSA) is 84.1 Å². The maximum Gasteiger partial charge on any atom is 0.239 e. The van der Waals surface area contributed by atoms with Crippen molar-refractivity contribution in [2.75, 3.05) is 24.5 Å². The molecule has 1 rings (SSSR count). The molecule has 19 heavy (non-hydrogen) atoms. The van der Waals surface area contributed by atoms with Crippen LogP contribution in [0.5, 0.6) is 0 Å². The third-order valence-electron chi connectivity index (χ3n) is 2.47. The Morgan fingerprint density at radius 1 is 1.47 bits per heavy atom. The summed E-state index contributed by atoms with van der Waals surface area (Å²) in [6, 6.07) is 1.73. The standard InChI is InChI=1S/C12H19N5OS/c1-4-14-10(18)7-17(5-2)12-15-8(3)6-9(16-12)11(13)19/h6H,4-5,7H2,1-3H3,(H2,13,19)(H,14,18). The lowest BCUT2D eigenvalue weighted by atomic mass is 10.3. The molecule has 0 saturated heterocycles. The number of hydrogen-bond donors (Lipinski definition) is 2. The van der Waals surface area contributed by atoms with Crippen LogP contribution in [0.25, 0.3) is 0 Å². The van der Waals surface area contributed by atoms with Crippen molar-refractivity contribution in [1.29, 1.82) is 0 Å². The molecule has 0 aliphatic rings. The Labute approximate surface area is 118 Å². The quantitative estimate of drug-likeness (QED) is 0.734. The molecule has 3 N–H and O–H groups in total. The van der Waals surface area contributed by atoms with Gasteiger partial charge in [0.05, 0.1) is 6.54 Å². The van der Waals surface area contributed by atoms with Crippen LogP contribution in [0.2, 0.25) is 0 Å². The first-order chi connectivity index (χ1) is 8.97. The number of carbonyl (C=O) groups excluding carboxylic acids is 1. The van der Waals surface area contributed by atoms with Gasteiger partial charge in [-0.15, -0.1) is 0 Å². The minimum atomic E-state index is -0.0636. The lowest BCUT2D eigenvalue weighted by Crippen LogP contribution is -2.38. The number of amides is 1. The highest BCUT2D eigenvalue weighted by Gasteiger charge is 2.14. The number of aromatic nitrogens is 2. The van der Waals surface area contributed by atoms with E-state index in [1.807, 2.05) is 20.8 Å². The fourth-order valence-corrected chi connectivity index (χ4v) is 1.68. The van der Waals surface area contributed by atoms with E-state index in [4.69, 9.17) is 18.0 Å². The fourth-order valence-electron chi connectivity index (χ4n) is 1.57. The van der Waals surface area contributed by atoms with Crippen molar-refractivity contribution < 1.29 is 4.79 Å². The largest absolute Gasteiger partial charge is 0.388 e. The highest BCUT2D eigenvalue weighted by Crippen LogP contribution is 2.10. The molecule has 0 unspecified atom stereocenters. The van der Waals surface area contributed by atoms with E-state index in [1.165, 1.54) is 0 Å². The van der Waals surface area contributed by atoms with E-state index in [-0.39, 0.29) is 17.4 Å². The Kier molecular flexibility index (Phi) is 5.62. The average Bonchev–Trinajstić information content (AvgIpc) is 2.35. The average molecular weight is 281 g/mol. The molecule has 104 valence electrons. The molecule has 0 atom stereocenters. The number of thiocarbonyl (C=S) groups is 1. The molecule has 0 bridgehead atoms. The number of anilines is 1. The van der Waals surface area contributed by atoms with Crippen molar-refractivity contribution in [1.82, 2.24) is 15.3 Å². The molecule has 0 fully saturated rings. The molecule has 0 aromatic carbocycles. The predicted molar refractivity (Wildman–Crippen MR) is 79.2 cm³/mol. The van der Waals surface area contributed by atoms with Gasteiger partial charge in [0.2, 0.25) is 11.9 Å². The van der Waals surface area contributed by atoms with E-state index in [0.29, 0.717) is 24.7 Å². The van der Waals surface area contributed by atoms with Crippen molar-refractivity contribution in [3.63, 3.8) is 0 Å². The monoisotopic (exact) mass is 281 g/mol. The summed E-state index contributed by atoms with van der Waals surface area (Å²) in [6.07, 6.45) is 0. The molecule has 0 saturated carbocycles. The van der Waals surface area contributed by atoms with Crippen molar-refractivity contribution in [2.24, 2.45) is 5.73 Å². The molecule has 1 aromatic heterocycles. The zero-order valence-corrected chi connectivity index (χ0v) is 12.3. The van der Waals surface area contributed by atoms with Gasteiger partial charge in [-0.2, -0.15) is 0 Å². The Morgan fingerprint density at radius 3 is 2.68 bits per heavy atom. The van der Waals surface area contributed by atoms with Crippen LogP contribution in [0.15, 0.2) is 6.07 Å². The van der Waals surface area contributed by atoms with E-state index < -0.39 is 0 Å². The Hall–Kier alpha value is -1.76. The Bertz CT molecular complexity index is 477. The van der Waals surface area contributed by atoms with Gasteiger partial charge in [-0.05, 0) is 26.8 Å². The second kappa shape index (κ2) is 6.98. The minimum Gasteiger partial charge on any atom is -0.388 e. The van der Waals surface area contributed by atoms with Crippen LogP contribution < -0.4 is 16.0 Å². The maximum atomic E-state index is 11.6. The fraction of sp³-hybridized carbons (Fsp3) is 0.500. The van der Waals surface area contributed by atoms with E-state index in [0.717, 1.165) is 5.69 Å². The summed E-state index contributed by atoms with van der Waals surface area (Å²) in [4.78, 5) is 22.2. The SMILES string of the molecule is CCNC(=O)CN(CC)c1nc(C)cc(C(N)=S)n1. The number of aryl methyl sites for hydroxylation is 1. The third-order valence-corrected chi connectivity index (χ3v) is 2.68. The molecule has 1 aromatic rings. The summed E-state index contributed by atoms with van der Waals surface area (Å²) in [5.74, 6) is 0.405. The van der Waals surface area contributed by atoms with Gasteiger partial charge >= 0.3 is 0 Å². The minimum absolute atomic E-state index is 0.0636. The van der Waals surface area contributed by atoms with Crippen LogP contribution in [0.3, 0.4) is 0 Å². The normalized spacial score (nSPS) is 10.1. The molecule has 1 amide bonds. The second-order valence-corrected chi connectivity index (χ2v) is 4.47. The smallest absolute Gasteiger partial charge is 0.239 e. The van der Waals surface area contributed by atoms with Crippen molar-refractivity contribution >= 4 is 29.1 Å². The van der Waals surface area contributed by atoms with Gasteiger partial charge in [-0.1, -0.05) is 12.2 Å². The molecule has 0 spiro atoms. The number of hydrogen-bond acceptors (Lipinski definition) is 5. The van der Waals surface area contributed by atoms with E-state index >= 15 is 0 Å². The van der Waals surface area contributed by atoms with Crippen molar-refractivity contribution in [2.45, 2.75) is 20.8 Å². The van der Waals surface area contributed by atoms with E-state index in [1.54, 1.807) is 11.0 Å². The molecule has 7 heteroatoms. The summed E-state index contributed by atoms with van der Waals surface area (Å²) in [6.45, 7) is 7.09. The molecule has 0 aliphatic carbocycles. The van der Waals surface area contributed by atoms with E-state index in [2.05, 4.69) is 15.3 Å². The number of rotatable bonds is 6. The number of likely N-dealkylation sites (N-methyl/N-ethyl adjacent to an activating group) is 2. The first-order valence-electron chi connectivity index (χ1n) is 6.15. The first-order valence-corrected chi connectivity index (χ1v) is 6.55. The van der Waals surface area contributed by atoms with Gasteiger partial charge < -0.3 is 16.0 Å². The van der Waals surface area contributed by atoms with Crippen LogP contribution in [-0.2, 0) is 4.79 Å². The Morgan fingerprint density at radius 2 is 2.16 bits per heavy atom. The Balaban J connectivity index is 2.97. The summed E-state index contributed by atoms with van der Waals surface area (Å²) >= 11 is 4.92. The van der Waals surface area contributed by atoms with E-state index in [9.17, 15) is 4.79 Å². The van der Waals surface area contributed by atoms with Gasteiger partial charge in [0, 0.05) is 18.8 Å². The number of nitrogens with zero attached hydrogens (tertiary/aromatic N) is 3. The van der Waals surface area contributed by atoms with Crippen LogP contribution in [0.1, 0.15) is 25.2 Å². The molecule has 0 aliphatic heterocycles. The van der Waals surface area contributed by atoms with Crippen molar-refractivity contribution in [3.05, 3.63) is 17.5 Å². The summed E-state index contributed by atoms with van der Waals surface area (Å²) in [5, 5.41) is 2.75. The number of carbonyl (C=O) groups is 1.